The molecule has 6 nitrogen and oxygen atoms in total. The largest absolute Gasteiger partial charge is 0.378 e. The Hall–Kier alpha value is -3.64. The van der Waals surface area contributed by atoms with Crippen LogP contribution in [-0.2, 0) is 4.74 Å². The first-order valence-electron chi connectivity index (χ1n) is 10.1. The van der Waals surface area contributed by atoms with Gasteiger partial charge in [-0.1, -0.05) is 30.3 Å². The van der Waals surface area contributed by atoms with E-state index in [9.17, 15) is 0 Å². The summed E-state index contributed by atoms with van der Waals surface area (Å²) < 4.78 is 7.51. The van der Waals surface area contributed by atoms with Gasteiger partial charge in [-0.15, -0.1) is 0 Å². The lowest BCUT2D eigenvalue weighted by Gasteiger charge is -2.28. The summed E-state index contributed by atoms with van der Waals surface area (Å²) in [6.07, 6.45) is 5.60. The van der Waals surface area contributed by atoms with Crippen molar-refractivity contribution < 1.29 is 4.74 Å². The Kier molecular flexibility index (Phi) is 5.14. The van der Waals surface area contributed by atoms with Crippen molar-refractivity contribution in [3.63, 3.8) is 0 Å². The minimum atomic E-state index is 0.788. The number of rotatable bonds is 5. The molecule has 0 bridgehead atoms. The number of morpholine rings is 1. The number of ether oxygens (including phenoxy) is 1. The molecule has 4 aromatic rings. The van der Waals surface area contributed by atoms with Crippen molar-refractivity contribution in [3.05, 3.63) is 85.3 Å². The summed E-state index contributed by atoms with van der Waals surface area (Å²) in [5.41, 5.74) is 4.31. The van der Waals surface area contributed by atoms with E-state index in [1.165, 1.54) is 5.69 Å². The number of nitrogens with one attached hydrogen (secondary N) is 1. The van der Waals surface area contributed by atoms with E-state index in [0.29, 0.717) is 0 Å². The number of aromatic nitrogens is 3. The molecular formula is C24H23N5O. The van der Waals surface area contributed by atoms with Gasteiger partial charge in [-0.3, -0.25) is 4.57 Å². The summed E-state index contributed by atoms with van der Waals surface area (Å²) in [7, 11) is 0. The van der Waals surface area contributed by atoms with Crippen LogP contribution in [0.4, 0.5) is 17.2 Å². The second-order valence-electron chi connectivity index (χ2n) is 7.16. The lowest BCUT2D eigenvalue weighted by Crippen LogP contribution is -2.36. The predicted octanol–water partition coefficient (Wildman–Crippen LogP) is 4.51. The molecule has 2 aromatic carbocycles. The Balaban J connectivity index is 1.36. The maximum absolute atomic E-state index is 5.43. The van der Waals surface area contributed by atoms with E-state index in [2.05, 4.69) is 61.1 Å². The van der Waals surface area contributed by atoms with Gasteiger partial charge in [0, 0.05) is 54.7 Å². The zero-order valence-electron chi connectivity index (χ0n) is 16.6. The standard InChI is InChI=1S/C24H23N5O/c1-2-4-19(5-3-1)24-26-12-13-29(24)22-10-11-25-23(18-22)27-20-6-8-21(9-7-20)28-14-16-30-17-15-28/h1-13,18H,14-17H2,(H,25,27). The van der Waals surface area contributed by atoms with Gasteiger partial charge >= 0.3 is 0 Å². The van der Waals surface area contributed by atoms with Crippen LogP contribution in [-0.4, -0.2) is 40.8 Å². The van der Waals surface area contributed by atoms with E-state index in [0.717, 1.165) is 54.9 Å². The molecule has 1 saturated heterocycles. The molecule has 0 spiro atoms. The smallest absolute Gasteiger partial charge is 0.144 e. The average Bonchev–Trinajstić information content (AvgIpc) is 3.31. The first-order valence-corrected chi connectivity index (χ1v) is 10.1. The lowest BCUT2D eigenvalue weighted by molar-refractivity contribution is 0.122. The number of hydrogen-bond donors (Lipinski definition) is 1. The topological polar surface area (TPSA) is 55.2 Å². The molecule has 30 heavy (non-hydrogen) atoms. The van der Waals surface area contributed by atoms with Crippen molar-refractivity contribution in [1.82, 2.24) is 14.5 Å². The number of anilines is 3. The fraction of sp³-hybridized carbons (Fsp3) is 0.167. The normalized spacial score (nSPS) is 13.9. The Morgan fingerprint density at radius 3 is 2.40 bits per heavy atom. The average molecular weight is 397 g/mol. The summed E-state index contributed by atoms with van der Waals surface area (Å²) >= 11 is 0. The van der Waals surface area contributed by atoms with Crippen LogP contribution in [0.3, 0.4) is 0 Å². The van der Waals surface area contributed by atoms with Crippen LogP contribution >= 0.6 is 0 Å². The molecule has 150 valence electrons. The summed E-state index contributed by atoms with van der Waals surface area (Å²) in [6.45, 7) is 3.45. The molecule has 0 radical (unpaired) electrons. The number of hydrogen-bond acceptors (Lipinski definition) is 5. The van der Waals surface area contributed by atoms with E-state index >= 15 is 0 Å². The van der Waals surface area contributed by atoms with E-state index in [-0.39, 0.29) is 0 Å². The van der Waals surface area contributed by atoms with Crippen LogP contribution in [0.1, 0.15) is 0 Å². The molecule has 5 rings (SSSR count). The third kappa shape index (κ3) is 3.90. The summed E-state index contributed by atoms with van der Waals surface area (Å²) in [5, 5.41) is 3.41. The fourth-order valence-corrected chi connectivity index (χ4v) is 3.68. The van der Waals surface area contributed by atoms with Gasteiger partial charge in [0.1, 0.15) is 11.6 Å². The maximum atomic E-state index is 5.43. The molecular weight excluding hydrogens is 374 g/mol. The number of imidazole rings is 1. The van der Waals surface area contributed by atoms with Crippen LogP contribution in [0.2, 0.25) is 0 Å². The Bertz CT molecular complexity index is 1100. The fourth-order valence-electron chi connectivity index (χ4n) is 3.68. The van der Waals surface area contributed by atoms with Crippen LogP contribution in [0, 0.1) is 0 Å². The van der Waals surface area contributed by atoms with Crippen molar-refractivity contribution in [2.75, 3.05) is 36.5 Å². The highest BCUT2D eigenvalue weighted by Crippen LogP contribution is 2.24. The van der Waals surface area contributed by atoms with Gasteiger partial charge in [-0.25, -0.2) is 9.97 Å². The molecule has 0 aliphatic carbocycles. The Morgan fingerprint density at radius 1 is 0.800 bits per heavy atom. The van der Waals surface area contributed by atoms with Gasteiger partial charge in [-0.05, 0) is 30.3 Å². The highest BCUT2D eigenvalue weighted by atomic mass is 16.5. The van der Waals surface area contributed by atoms with Crippen molar-refractivity contribution in [3.8, 4) is 17.1 Å². The van der Waals surface area contributed by atoms with Gasteiger partial charge in [-0.2, -0.15) is 0 Å². The number of nitrogens with zero attached hydrogens (tertiary/aromatic N) is 4. The van der Waals surface area contributed by atoms with Crippen molar-refractivity contribution in [2.45, 2.75) is 0 Å². The highest BCUT2D eigenvalue weighted by Gasteiger charge is 2.11. The first kappa shape index (κ1) is 18.4. The van der Waals surface area contributed by atoms with Gasteiger partial charge in [0.05, 0.1) is 18.9 Å². The molecule has 1 N–H and O–H groups in total. The maximum Gasteiger partial charge on any atom is 0.144 e. The van der Waals surface area contributed by atoms with E-state index in [1.807, 2.05) is 48.9 Å². The van der Waals surface area contributed by atoms with Gasteiger partial charge in [0.25, 0.3) is 0 Å². The van der Waals surface area contributed by atoms with Gasteiger partial charge in [0.2, 0.25) is 0 Å². The molecule has 0 unspecified atom stereocenters. The first-order chi connectivity index (χ1) is 14.9. The van der Waals surface area contributed by atoms with Crippen LogP contribution in [0.25, 0.3) is 17.1 Å². The molecule has 1 fully saturated rings. The molecule has 2 aromatic heterocycles. The molecule has 6 heteroatoms. The third-order valence-corrected chi connectivity index (χ3v) is 5.21. The monoisotopic (exact) mass is 397 g/mol. The molecule has 1 aliphatic rings. The zero-order chi connectivity index (χ0) is 20.2. The number of pyridine rings is 1. The molecule has 0 amide bonds. The van der Waals surface area contributed by atoms with Crippen molar-refractivity contribution >= 4 is 17.2 Å². The minimum absolute atomic E-state index is 0.788. The van der Waals surface area contributed by atoms with Crippen molar-refractivity contribution in [2.24, 2.45) is 0 Å². The van der Waals surface area contributed by atoms with E-state index in [1.54, 1.807) is 0 Å². The van der Waals surface area contributed by atoms with Crippen LogP contribution < -0.4 is 10.2 Å². The molecule has 0 atom stereocenters. The minimum Gasteiger partial charge on any atom is -0.378 e. The lowest BCUT2D eigenvalue weighted by atomic mass is 10.2. The second kappa shape index (κ2) is 8.39. The molecule has 1 aliphatic heterocycles. The summed E-state index contributed by atoms with van der Waals surface area (Å²) in [5.74, 6) is 1.70. The molecule has 0 saturated carbocycles. The number of benzene rings is 2. The SMILES string of the molecule is c1ccc(-c2nccn2-c2ccnc(Nc3ccc(N4CCOCC4)cc3)c2)cc1. The Labute approximate surface area is 175 Å². The zero-order valence-corrected chi connectivity index (χ0v) is 16.6. The van der Waals surface area contributed by atoms with Crippen LogP contribution in [0.5, 0.6) is 0 Å². The third-order valence-electron chi connectivity index (χ3n) is 5.21. The van der Waals surface area contributed by atoms with Crippen molar-refractivity contribution in [1.29, 1.82) is 0 Å². The highest BCUT2D eigenvalue weighted by molar-refractivity contribution is 5.64. The van der Waals surface area contributed by atoms with E-state index in [4.69, 9.17) is 4.74 Å². The summed E-state index contributed by atoms with van der Waals surface area (Å²) in [6, 6.07) is 22.7. The molecule has 3 heterocycles. The predicted molar refractivity (Wildman–Crippen MR) is 120 cm³/mol. The van der Waals surface area contributed by atoms with Gasteiger partial charge in [0.15, 0.2) is 0 Å². The quantitative estimate of drug-likeness (QED) is 0.537. The summed E-state index contributed by atoms with van der Waals surface area (Å²) in [4.78, 5) is 11.4. The van der Waals surface area contributed by atoms with E-state index < -0.39 is 0 Å². The van der Waals surface area contributed by atoms with Crippen LogP contribution in [0.15, 0.2) is 85.3 Å². The Morgan fingerprint density at radius 2 is 1.60 bits per heavy atom. The van der Waals surface area contributed by atoms with Gasteiger partial charge < -0.3 is 15.0 Å². The second-order valence-corrected chi connectivity index (χ2v) is 7.16.